The van der Waals surface area contributed by atoms with E-state index in [0.29, 0.717) is 11.8 Å². The summed E-state index contributed by atoms with van der Waals surface area (Å²) in [7, 11) is -3.14. The van der Waals surface area contributed by atoms with Crippen LogP contribution in [0.4, 0.5) is 5.69 Å². The highest BCUT2D eigenvalue weighted by Crippen LogP contribution is 2.27. The Bertz CT molecular complexity index is 918. The van der Waals surface area contributed by atoms with Gasteiger partial charge < -0.3 is 10.3 Å². The van der Waals surface area contributed by atoms with Gasteiger partial charge in [0.15, 0.2) is 9.84 Å². The van der Waals surface area contributed by atoms with Gasteiger partial charge in [0.1, 0.15) is 11.2 Å². The van der Waals surface area contributed by atoms with Crippen LogP contribution in [0.1, 0.15) is 23.8 Å². The van der Waals surface area contributed by atoms with Crippen LogP contribution < -0.4 is 5.32 Å². The number of carbonyl (C=O) groups is 1. The molecule has 2 heterocycles. The van der Waals surface area contributed by atoms with Gasteiger partial charge in [0.2, 0.25) is 0 Å². The van der Waals surface area contributed by atoms with E-state index in [4.69, 9.17) is 0 Å². The van der Waals surface area contributed by atoms with Gasteiger partial charge in [-0.1, -0.05) is 12.1 Å². The SMILES string of the molecule is C[C@@]1(NC(=O)c2cc3cccc([N+](=O)[O-])c3[nH]2)CCS(=O)(=O)C1. The van der Waals surface area contributed by atoms with E-state index in [9.17, 15) is 23.3 Å². The molecular formula is C14H15N3O5S. The standard InChI is InChI=1S/C14H15N3O5S/c1-14(5-6-23(21,22)8-14)16-13(18)10-7-9-3-2-4-11(17(19)20)12(9)15-10/h2-4,7,15H,5-6,8H2,1H3,(H,16,18)/t14-/m1/s1. The summed E-state index contributed by atoms with van der Waals surface area (Å²) in [6.07, 6.45) is 0.349. The predicted molar refractivity (Wildman–Crippen MR) is 84.1 cm³/mol. The summed E-state index contributed by atoms with van der Waals surface area (Å²) in [5.74, 6) is -0.538. The van der Waals surface area contributed by atoms with Crippen molar-refractivity contribution < 1.29 is 18.1 Å². The van der Waals surface area contributed by atoms with Crippen LogP contribution >= 0.6 is 0 Å². The fourth-order valence-corrected chi connectivity index (χ4v) is 4.96. The van der Waals surface area contributed by atoms with Crippen LogP contribution in [0.3, 0.4) is 0 Å². The van der Waals surface area contributed by atoms with E-state index < -0.39 is 26.2 Å². The Morgan fingerprint density at radius 3 is 2.78 bits per heavy atom. The van der Waals surface area contributed by atoms with E-state index in [-0.39, 0.29) is 28.4 Å². The number of amides is 1. The Hall–Kier alpha value is -2.42. The fourth-order valence-electron chi connectivity index (χ4n) is 2.87. The average molecular weight is 337 g/mol. The molecular weight excluding hydrogens is 322 g/mol. The number of fused-ring (bicyclic) bond motifs is 1. The summed E-state index contributed by atoms with van der Waals surface area (Å²) in [4.78, 5) is 25.6. The number of rotatable bonds is 3. The fraction of sp³-hybridized carbons (Fsp3) is 0.357. The molecule has 0 bridgehead atoms. The molecule has 23 heavy (non-hydrogen) atoms. The maximum absolute atomic E-state index is 12.4. The quantitative estimate of drug-likeness (QED) is 0.647. The number of nitro benzene ring substituents is 1. The molecule has 1 saturated heterocycles. The molecule has 1 aromatic carbocycles. The molecule has 1 fully saturated rings. The normalized spacial score (nSPS) is 23.0. The first-order valence-electron chi connectivity index (χ1n) is 6.98. The number of H-pyrrole nitrogens is 1. The van der Waals surface area contributed by atoms with Crippen LogP contribution in [0.2, 0.25) is 0 Å². The van der Waals surface area contributed by atoms with Crippen molar-refractivity contribution in [2.24, 2.45) is 0 Å². The summed E-state index contributed by atoms with van der Waals surface area (Å²) < 4.78 is 23.2. The Labute approximate surface area is 131 Å². The van der Waals surface area contributed by atoms with E-state index in [2.05, 4.69) is 10.3 Å². The van der Waals surface area contributed by atoms with Crippen molar-refractivity contribution in [3.63, 3.8) is 0 Å². The predicted octanol–water partition coefficient (Wildman–Crippen LogP) is 1.38. The number of benzene rings is 1. The maximum Gasteiger partial charge on any atom is 0.293 e. The zero-order valence-corrected chi connectivity index (χ0v) is 13.1. The van der Waals surface area contributed by atoms with Crippen molar-refractivity contribution in [2.45, 2.75) is 18.9 Å². The molecule has 0 radical (unpaired) electrons. The molecule has 1 atom stereocenters. The molecule has 9 heteroatoms. The Morgan fingerprint density at radius 2 is 2.17 bits per heavy atom. The Balaban J connectivity index is 1.90. The first-order valence-corrected chi connectivity index (χ1v) is 8.80. The number of nitrogens with zero attached hydrogens (tertiary/aromatic N) is 1. The number of hydrogen-bond acceptors (Lipinski definition) is 5. The van der Waals surface area contributed by atoms with Gasteiger partial charge in [0.05, 0.1) is 22.0 Å². The first kappa shape index (κ1) is 15.5. The average Bonchev–Trinajstić information content (AvgIpc) is 2.99. The van der Waals surface area contributed by atoms with Gasteiger partial charge in [0.25, 0.3) is 11.6 Å². The minimum atomic E-state index is -3.14. The lowest BCUT2D eigenvalue weighted by atomic mass is 10.0. The third-order valence-electron chi connectivity index (χ3n) is 3.99. The molecule has 2 N–H and O–H groups in total. The number of para-hydroxylation sites is 1. The number of aromatic amines is 1. The molecule has 2 aromatic rings. The summed E-state index contributed by atoms with van der Waals surface area (Å²) >= 11 is 0. The second-order valence-electron chi connectivity index (χ2n) is 6.04. The van der Waals surface area contributed by atoms with Gasteiger partial charge in [0, 0.05) is 11.5 Å². The summed E-state index contributed by atoms with van der Waals surface area (Å²) in [5.41, 5.74) is -0.498. The van der Waals surface area contributed by atoms with Crippen LogP contribution in [0.5, 0.6) is 0 Å². The molecule has 0 spiro atoms. The second-order valence-corrected chi connectivity index (χ2v) is 8.22. The molecule has 1 amide bonds. The van der Waals surface area contributed by atoms with Gasteiger partial charge in [-0.25, -0.2) is 8.42 Å². The summed E-state index contributed by atoms with van der Waals surface area (Å²) in [5, 5.41) is 14.3. The summed E-state index contributed by atoms with van der Waals surface area (Å²) in [6.45, 7) is 1.68. The number of carbonyl (C=O) groups excluding carboxylic acids is 1. The highest BCUT2D eigenvalue weighted by Gasteiger charge is 2.39. The zero-order valence-electron chi connectivity index (χ0n) is 12.3. The van der Waals surface area contributed by atoms with Crippen molar-refractivity contribution in [2.75, 3.05) is 11.5 Å². The monoisotopic (exact) mass is 337 g/mol. The second kappa shape index (κ2) is 5.05. The van der Waals surface area contributed by atoms with E-state index in [0.717, 1.165) is 0 Å². The largest absolute Gasteiger partial charge is 0.345 e. The molecule has 0 saturated carbocycles. The highest BCUT2D eigenvalue weighted by molar-refractivity contribution is 7.91. The Kier molecular flexibility index (Phi) is 3.40. The highest BCUT2D eigenvalue weighted by atomic mass is 32.2. The van der Waals surface area contributed by atoms with Crippen LogP contribution in [-0.2, 0) is 9.84 Å². The number of nitrogens with one attached hydrogen (secondary N) is 2. The maximum atomic E-state index is 12.4. The molecule has 3 rings (SSSR count). The third-order valence-corrected chi connectivity index (χ3v) is 5.90. The lowest BCUT2D eigenvalue weighted by molar-refractivity contribution is -0.383. The number of nitro groups is 1. The molecule has 1 aliphatic rings. The van der Waals surface area contributed by atoms with E-state index in [1.165, 1.54) is 12.1 Å². The van der Waals surface area contributed by atoms with Crippen molar-refractivity contribution in [1.82, 2.24) is 10.3 Å². The number of sulfone groups is 1. The van der Waals surface area contributed by atoms with Gasteiger partial charge in [-0.2, -0.15) is 0 Å². The third kappa shape index (κ3) is 2.91. The van der Waals surface area contributed by atoms with Gasteiger partial charge in [-0.05, 0) is 19.4 Å². The molecule has 1 aliphatic heterocycles. The smallest absolute Gasteiger partial charge is 0.293 e. The minimum Gasteiger partial charge on any atom is -0.345 e. The zero-order chi connectivity index (χ0) is 16.8. The topological polar surface area (TPSA) is 122 Å². The van der Waals surface area contributed by atoms with Crippen LogP contribution in [0, 0.1) is 10.1 Å². The minimum absolute atomic E-state index is 0.0436. The van der Waals surface area contributed by atoms with E-state index in [1.807, 2.05) is 0 Å². The Morgan fingerprint density at radius 1 is 1.43 bits per heavy atom. The molecule has 122 valence electrons. The molecule has 8 nitrogen and oxygen atoms in total. The number of aromatic nitrogens is 1. The van der Waals surface area contributed by atoms with Crippen LogP contribution in [0.15, 0.2) is 24.3 Å². The molecule has 0 unspecified atom stereocenters. The lowest BCUT2D eigenvalue weighted by Crippen LogP contribution is -2.47. The van der Waals surface area contributed by atoms with Crippen molar-refractivity contribution in [3.05, 3.63) is 40.1 Å². The van der Waals surface area contributed by atoms with Crippen LogP contribution in [-0.4, -0.2) is 41.3 Å². The lowest BCUT2D eigenvalue weighted by Gasteiger charge is -2.23. The molecule has 0 aliphatic carbocycles. The van der Waals surface area contributed by atoms with Crippen molar-refractivity contribution in [3.8, 4) is 0 Å². The van der Waals surface area contributed by atoms with Gasteiger partial charge >= 0.3 is 0 Å². The van der Waals surface area contributed by atoms with Crippen molar-refractivity contribution in [1.29, 1.82) is 0 Å². The first-order chi connectivity index (χ1) is 10.7. The van der Waals surface area contributed by atoms with Gasteiger partial charge in [-0.15, -0.1) is 0 Å². The van der Waals surface area contributed by atoms with Gasteiger partial charge in [-0.3, -0.25) is 14.9 Å². The van der Waals surface area contributed by atoms with Crippen molar-refractivity contribution >= 4 is 32.3 Å². The summed E-state index contributed by atoms with van der Waals surface area (Å²) in [6, 6.07) is 6.08. The van der Waals surface area contributed by atoms with Crippen LogP contribution in [0.25, 0.3) is 10.9 Å². The number of non-ortho nitro benzene ring substituents is 1. The molecule has 1 aromatic heterocycles. The number of hydrogen-bond donors (Lipinski definition) is 2. The van der Waals surface area contributed by atoms with E-state index >= 15 is 0 Å². The van der Waals surface area contributed by atoms with E-state index in [1.54, 1.807) is 19.1 Å².